The average molecular weight is 680 g/mol. The van der Waals surface area contributed by atoms with E-state index in [-0.39, 0.29) is 61.7 Å². The summed E-state index contributed by atoms with van der Waals surface area (Å²) in [7, 11) is 0. The second-order valence-corrected chi connectivity index (χ2v) is 13.0. The zero-order chi connectivity index (χ0) is 31.3. The van der Waals surface area contributed by atoms with Crippen LogP contribution in [0.2, 0.25) is 0 Å². The number of rotatable bonds is 11. The molecule has 1 spiro atoms. The number of amides is 3. The molecule has 10 nitrogen and oxygen atoms in total. The van der Waals surface area contributed by atoms with Gasteiger partial charge in [-0.15, -0.1) is 24.8 Å². The first-order valence-electron chi connectivity index (χ1n) is 16.7. The first-order chi connectivity index (χ1) is 21.3. The molecule has 1 atom stereocenters. The van der Waals surface area contributed by atoms with Gasteiger partial charge in [-0.3, -0.25) is 19.3 Å². The molecule has 46 heavy (non-hydrogen) atoms. The topological polar surface area (TPSA) is 120 Å². The molecule has 3 amide bonds. The highest BCUT2D eigenvalue weighted by atomic mass is 35.5. The Balaban J connectivity index is 0.00000288. The minimum absolute atomic E-state index is 0. The summed E-state index contributed by atoms with van der Waals surface area (Å²) >= 11 is 0. The number of unbranched alkanes of at least 4 members (excludes halogenated alkanes) is 1. The summed E-state index contributed by atoms with van der Waals surface area (Å²) in [4.78, 5) is 44.3. The molecule has 256 valence electrons. The Morgan fingerprint density at radius 1 is 1.07 bits per heavy atom. The summed E-state index contributed by atoms with van der Waals surface area (Å²) in [5.74, 6) is 0.483. The van der Waals surface area contributed by atoms with Crippen LogP contribution < -0.4 is 10.6 Å². The van der Waals surface area contributed by atoms with E-state index in [0.29, 0.717) is 30.9 Å². The van der Waals surface area contributed by atoms with E-state index in [4.69, 9.17) is 10.2 Å². The number of aliphatic hydroxyl groups is 1. The van der Waals surface area contributed by atoms with Crippen molar-refractivity contribution in [1.29, 1.82) is 0 Å². The van der Waals surface area contributed by atoms with Crippen molar-refractivity contribution in [3.8, 4) is 5.69 Å². The van der Waals surface area contributed by atoms with Crippen LogP contribution in [0, 0.1) is 19.8 Å². The van der Waals surface area contributed by atoms with Crippen LogP contribution in [-0.2, 0) is 16.1 Å². The fourth-order valence-electron chi connectivity index (χ4n) is 7.41. The van der Waals surface area contributed by atoms with Crippen LogP contribution in [-0.4, -0.2) is 86.8 Å². The van der Waals surface area contributed by atoms with Crippen molar-refractivity contribution >= 4 is 42.5 Å². The Labute approximate surface area is 285 Å². The lowest BCUT2D eigenvalue weighted by Crippen LogP contribution is -2.73. The van der Waals surface area contributed by atoms with Crippen LogP contribution in [0.15, 0.2) is 24.3 Å². The van der Waals surface area contributed by atoms with Crippen LogP contribution in [0.4, 0.5) is 0 Å². The number of nitrogens with one attached hydrogen (secondary N) is 2. The van der Waals surface area contributed by atoms with Gasteiger partial charge in [-0.25, -0.2) is 4.68 Å². The van der Waals surface area contributed by atoms with Crippen molar-refractivity contribution in [2.45, 2.75) is 103 Å². The number of carbonyl (C=O) groups is 3. The van der Waals surface area contributed by atoms with E-state index in [2.05, 4.69) is 29.4 Å². The molecule has 0 radical (unpaired) electrons. The number of hydrogen-bond donors (Lipinski definition) is 3. The standard InChI is InChI=1S/C34H50N6O4.2ClH/c1-4-5-18-39-32(43)30(22-26-9-7-6-8-10-26)36-33(44)34(39)15-19-38(20-16-34)23-29-24(2)37-40(25(29)3)28-13-11-27(12-14-28)31(42)35-17-21-41;;/h11-14,26,30,41H,4-10,15-23H2,1-3H3,(H,35,42)(H,36,44);2*1H/t30-;;/m0../s1. The minimum Gasteiger partial charge on any atom is -0.395 e. The van der Waals surface area contributed by atoms with Gasteiger partial charge in [-0.2, -0.15) is 5.10 Å². The van der Waals surface area contributed by atoms with Gasteiger partial charge in [0.25, 0.3) is 5.91 Å². The number of aromatic nitrogens is 2. The second kappa shape index (κ2) is 16.9. The number of nitrogens with zero attached hydrogens (tertiary/aromatic N) is 4. The second-order valence-electron chi connectivity index (χ2n) is 13.0. The van der Waals surface area contributed by atoms with E-state index < -0.39 is 5.54 Å². The van der Waals surface area contributed by atoms with Gasteiger partial charge in [0, 0.05) is 49.5 Å². The summed E-state index contributed by atoms with van der Waals surface area (Å²) in [6, 6.07) is 6.91. The molecule has 1 aromatic carbocycles. The number of likely N-dealkylation sites (tertiary alicyclic amines) is 1. The summed E-state index contributed by atoms with van der Waals surface area (Å²) in [6.45, 7) is 9.19. The zero-order valence-electron chi connectivity index (χ0n) is 27.6. The largest absolute Gasteiger partial charge is 0.395 e. The van der Waals surface area contributed by atoms with Crippen LogP contribution in [0.1, 0.15) is 98.4 Å². The van der Waals surface area contributed by atoms with Crippen molar-refractivity contribution in [2.75, 3.05) is 32.8 Å². The number of carbonyl (C=O) groups excluding carboxylic acids is 3. The summed E-state index contributed by atoms with van der Waals surface area (Å²) in [5, 5.41) is 19.7. The molecular weight excluding hydrogens is 627 g/mol. The van der Waals surface area contributed by atoms with Crippen molar-refractivity contribution in [3.05, 3.63) is 46.8 Å². The number of hydrogen-bond acceptors (Lipinski definition) is 6. The molecule has 3 aliphatic rings. The highest BCUT2D eigenvalue weighted by molar-refractivity contribution is 6.00. The van der Waals surface area contributed by atoms with Crippen molar-refractivity contribution in [1.82, 2.24) is 30.2 Å². The quantitative estimate of drug-likeness (QED) is 0.322. The Morgan fingerprint density at radius 3 is 2.37 bits per heavy atom. The maximum Gasteiger partial charge on any atom is 0.251 e. The monoisotopic (exact) mass is 678 g/mol. The number of aryl methyl sites for hydroxylation is 1. The predicted octanol–water partition coefficient (Wildman–Crippen LogP) is 4.49. The molecule has 0 unspecified atom stereocenters. The van der Waals surface area contributed by atoms with Gasteiger partial charge in [0.2, 0.25) is 11.8 Å². The number of piperidine rings is 1. The molecular formula is C34H52Cl2N6O4. The maximum atomic E-state index is 13.9. The summed E-state index contributed by atoms with van der Waals surface area (Å²) in [6.07, 6.45) is 10.0. The molecule has 1 aliphatic carbocycles. The molecule has 5 rings (SSSR count). The Bertz CT molecular complexity index is 1320. The fraction of sp³-hybridized carbons (Fsp3) is 0.647. The highest BCUT2D eigenvalue weighted by Gasteiger charge is 2.53. The predicted molar refractivity (Wildman–Crippen MR) is 184 cm³/mol. The van der Waals surface area contributed by atoms with Gasteiger partial charge < -0.3 is 20.6 Å². The lowest BCUT2D eigenvalue weighted by atomic mass is 9.79. The van der Waals surface area contributed by atoms with Gasteiger partial charge in [0.15, 0.2) is 0 Å². The Morgan fingerprint density at radius 2 is 1.74 bits per heavy atom. The highest BCUT2D eigenvalue weighted by Crippen LogP contribution is 2.36. The number of piperazine rings is 1. The lowest BCUT2D eigenvalue weighted by molar-refractivity contribution is -0.162. The van der Waals surface area contributed by atoms with Crippen LogP contribution in [0.25, 0.3) is 5.69 Å². The third-order valence-electron chi connectivity index (χ3n) is 10.1. The van der Waals surface area contributed by atoms with Crippen LogP contribution in [0.5, 0.6) is 0 Å². The molecule has 1 saturated carbocycles. The van der Waals surface area contributed by atoms with Crippen molar-refractivity contribution < 1.29 is 19.5 Å². The number of aliphatic hydroxyl groups excluding tert-OH is 1. The third kappa shape index (κ3) is 8.06. The summed E-state index contributed by atoms with van der Waals surface area (Å²) < 4.78 is 1.91. The Kier molecular flexibility index (Phi) is 13.9. The maximum absolute atomic E-state index is 13.9. The molecule has 1 aromatic heterocycles. The van der Waals surface area contributed by atoms with E-state index in [1.54, 1.807) is 12.1 Å². The molecule has 12 heteroatoms. The van der Waals surface area contributed by atoms with E-state index in [9.17, 15) is 14.4 Å². The SMILES string of the molecule is CCCCN1C(=O)[C@H](CC2CCCCC2)NC(=O)C12CCN(Cc1c(C)nn(-c3ccc(C(=O)NCCO)cc3)c1C)CC2.Cl.Cl. The normalized spacial score (nSPS) is 20.2. The van der Waals surface area contributed by atoms with Gasteiger partial charge in [-0.1, -0.05) is 45.4 Å². The molecule has 0 bridgehead atoms. The first-order valence-corrected chi connectivity index (χ1v) is 16.7. The van der Waals surface area contributed by atoms with E-state index in [1.807, 2.05) is 28.6 Å². The fourth-order valence-corrected chi connectivity index (χ4v) is 7.41. The van der Waals surface area contributed by atoms with E-state index >= 15 is 0 Å². The summed E-state index contributed by atoms with van der Waals surface area (Å²) in [5.41, 5.74) is 3.80. The first kappa shape index (κ1) is 37.8. The van der Waals surface area contributed by atoms with Crippen LogP contribution >= 0.6 is 24.8 Å². The van der Waals surface area contributed by atoms with Gasteiger partial charge in [0.1, 0.15) is 11.6 Å². The van der Waals surface area contributed by atoms with E-state index in [0.717, 1.165) is 74.4 Å². The van der Waals surface area contributed by atoms with E-state index in [1.165, 1.54) is 19.3 Å². The number of halogens is 2. The van der Waals surface area contributed by atoms with Gasteiger partial charge >= 0.3 is 0 Å². The number of benzene rings is 1. The third-order valence-corrected chi connectivity index (χ3v) is 10.1. The van der Waals surface area contributed by atoms with Crippen molar-refractivity contribution in [2.24, 2.45) is 5.92 Å². The Hall–Kier alpha value is -2.66. The molecule has 2 aromatic rings. The van der Waals surface area contributed by atoms with Gasteiger partial charge in [-0.05, 0) is 69.7 Å². The van der Waals surface area contributed by atoms with Crippen molar-refractivity contribution in [3.63, 3.8) is 0 Å². The molecule has 2 aliphatic heterocycles. The molecule has 2 saturated heterocycles. The molecule has 3 heterocycles. The van der Waals surface area contributed by atoms with Crippen LogP contribution in [0.3, 0.4) is 0 Å². The average Bonchev–Trinajstić information content (AvgIpc) is 3.32. The van der Waals surface area contributed by atoms with Gasteiger partial charge in [0.05, 0.1) is 18.0 Å². The lowest BCUT2D eigenvalue weighted by Gasteiger charge is -2.52. The minimum atomic E-state index is -0.759. The zero-order valence-corrected chi connectivity index (χ0v) is 29.2. The molecule has 3 fully saturated rings. The smallest absolute Gasteiger partial charge is 0.251 e. The molecule has 3 N–H and O–H groups in total.